The maximum atomic E-state index is 12.5. The molecule has 134 valence electrons. The van der Waals surface area contributed by atoms with Crippen LogP contribution >= 0.6 is 0 Å². The smallest absolute Gasteiger partial charge is 0.270 e. The summed E-state index contributed by atoms with van der Waals surface area (Å²) in [5.41, 5.74) is 0.405. The van der Waals surface area contributed by atoms with Crippen LogP contribution in [0.2, 0.25) is 0 Å². The number of hydrogen-bond donors (Lipinski definition) is 2. The number of carbonyl (C=O) groups excluding carboxylic acids is 1. The topological polar surface area (TPSA) is 135 Å². The molecule has 0 spiro atoms. The van der Waals surface area contributed by atoms with Crippen LogP contribution in [0.15, 0.2) is 50.8 Å². The Balaban J connectivity index is 1.94. The summed E-state index contributed by atoms with van der Waals surface area (Å²) in [6.45, 7) is 3.22. The van der Waals surface area contributed by atoms with E-state index in [4.69, 9.17) is 4.42 Å². The van der Waals surface area contributed by atoms with Gasteiger partial charge in [0.1, 0.15) is 5.56 Å². The zero-order valence-electron chi connectivity index (χ0n) is 13.8. The second kappa shape index (κ2) is 6.56. The average molecular weight is 374 g/mol. The highest BCUT2D eigenvalue weighted by Crippen LogP contribution is 2.20. The number of aryl methyl sites for hydroxylation is 2. The van der Waals surface area contributed by atoms with Crippen LogP contribution in [0.3, 0.4) is 0 Å². The van der Waals surface area contributed by atoms with Crippen molar-refractivity contribution in [1.82, 2.24) is 19.9 Å². The Morgan fingerprint density at radius 1 is 1.23 bits per heavy atom. The molecule has 0 saturated carbocycles. The van der Waals surface area contributed by atoms with Crippen molar-refractivity contribution in [3.8, 4) is 11.5 Å². The van der Waals surface area contributed by atoms with Gasteiger partial charge in [-0.3, -0.25) is 9.59 Å². The largest absolute Gasteiger partial charge is 0.423 e. The van der Waals surface area contributed by atoms with E-state index in [0.717, 1.165) is 6.39 Å². The van der Waals surface area contributed by atoms with E-state index in [2.05, 4.69) is 15.2 Å². The molecule has 3 rings (SSSR count). The first-order valence-corrected chi connectivity index (χ1v) is 8.90. The number of sulfonamides is 1. The second-order valence-corrected chi connectivity index (χ2v) is 7.23. The van der Waals surface area contributed by atoms with Gasteiger partial charge < -0.3 is 9.40 Å². The average Bonchev–Trinajstić information content (AvgIpc) is 3.08. The van der Waals surface area contributed by atoms with Crippen LogP contribution < -0.4 is 10.3 Å². The molecule has 26 heavy (non-hydrogen) atoms. The number of nitrogens with zero attached hydrogens (tertiary/aromatic N) is 2. The number of rotatable bonds is 4. The van der Waals surface area contributed by atoms with E-state index in [9.17, 15) is 18.0 Å². The predicted octanol–water partition coefficient (Wildman–Crippen LogP) is 1.16. The fourth-order valence-electron chi connectivity index (χ4n) is 2.46. The van der Waals surface area contributed by atoms with Crippen LogP contribution in [0.4, 0.5) is 0 Å². The Bertz CT molecular complexity index is 1130. The van der Waals surface area contributed by atoms with E-state index in [0.29, 0.717) is 16.8 Å². The summed E-state index contributed by atoms with van der Waals surface area (Å²) in [6, 6.07) is 7.24. The number of amides is 1. The van der Waals surface area contributed by atoms with Gasteiger partial charge in [-0.1, -0.05) is 6.07 Å². The third kappa shape index (κ3) is 3.40. The van der Waals surface area contributed by atoms with Crippen molar-refractivity contribution >= 4 is 15.9 Å². The Morgan fingerprint density at radius 2 is 2.00 bits per heavy atom. The first kappa shape index (κ1) is 17.5. The molecule has 2 heterocycles. The minimum absolute atomic E-state index is 0.138. The van der Waals surface area contributed by atoms with Crippen molar-refractivity contribution in [3.63, 3.8) is 0 Å². The molecule has 0 bridgehead atoms. The maximum absolute atomic E-state index is 12.5. The molecule has 0 aliphatic heterocycles. The van der Waals surface area contributed by atoms with Crippen molar-refractivity contribution in [1.29, 1.82) is 0 Å². The summed E-state index contributed by atoms with van der Waals surface area (Å²) in [7, 11) is -4.21. The minimum Gasteiger partial charge on any atom is -0.423 e. The molecule has 9 nitrogen and oxygen atoms in total. The van der Waals surface area contributed by atoms with Gasteiger partial charge in [0.05, 0.1) is 4.90 Å². The molecule has 1 aromatic carbocycles. The Morgan fingerprint density at radius 3 is 2.65 bits per heavy atom. The van der Waals surface area contributed by atoms with Crippen LogP contribution in [0, 0.1) is 13.8 Å². The van der Waals surface area contributed by atoms with Gasteiger partial charge in [0.15, 0.2) is 0 Å². The van der Waals surface area contributed by atoms with E-state index in [-0.39, 0.29) is 16.3 Å². The van der Waals surface area contributed by atoms with Gasteiger partial charge in [-0.15, -0.1) is 10.2 Å². The third-order valence-corrected chi connectivity index (χ3v) is 4.90. The lowest BCUT2D eigenvalue weighted by Gasteiger charge is -2.09. The Hall–Kier alpha value is -3.27. The highest BCUT2D eigenvalue weighted by molar-refractivity contribution is 7.90. The number of aromatic nitrogens is 3. The van der Waals surface area contributed by atoms with Crippen LogP contribution in [-0.4, -0.2) is 29.5 Å². The van der Waals surface area contributed by atoms with E-state index >= 15 is 0 Å². The summed E-state index contributed by atoms with van der Waals surface area (Å²) < 4.78 is 32.0. The van der Waals surface area contributed by atoms with Gasteiger partial charge in [0, 0.05) is 11.3 Å². The van der Waals surface area contributed by atoms with E-state index in [1.165, 1.54) is 18.2 Å². The molecule has 0 unspecified atom stereocenters. The van der Waals surface area contributed by atoms with Crippen LogP contribution in [0.5, 0.6) is 0 Å². The fraction of sp³-hybridized carbons (Fsp3) is 0.125. The van der Waals surface area contributed by atoms with Crippen LogP contribution in [-0.2, 0) is 10.0 Å². The molecule has 3 aromatic rings. The molecule has 1 amide bonds. The highest BCUT2D eigenvalue weighted by atomic mass is 32.2. The molecule has 0 fully saturated rings. The van der Waals surface area contributed by atoms with E-state index < -0.39 is 21.5 Å². The predicted molar refractivity (Wildman–Crippen MR) is 90.9 cm³/mol. The van der Waals surface area contributed by atoms with Crippen molar-refractivity contribution in [2.45, 2.75) is 18.7 Å². The molecule has 2 N–H and O–H groups in total. The molecular formula is C16H14N4O5S. The van der Waals surface area contributed by atoms with Crippen LogP contribution in [0.25, 0.3) is 11.5 Å². The number of aromatic amines is 1. The molecule has 0 aliphatic carbocycles. The molecular weight excluding hydrogens is 360 g/mol. The zero-order valence-corrected chi connectivity index (χ0v) is 14.6. The number of benzene rings is 1. The van der Waals surface area contributed by atoms with Crippen molar-refractivity contribution in [2.24, 2.45) is 0 Å². The third-order valence-electron chi connectivity index (χ3n) is 3.57. The first-order valence-electron chi connectivity index (χ1n) is 7.42. The van der Waals surface area contributed by atoms with Gasteiger partial charge in [0.25, 0.3) is 21.5 Å². The van der Waals surface area contributed by atoms with Crippen molar-refractivity contribution in [3.05, 3.63) is 63.9 Å². The molecule has 2 aromatic heterocycles. The molecule has 0 atom stereocenters. The van der Waals surface area contributed by atoms with Crippen molar-refractivity contribution < 1.29 is 17.6 Å². The lowest BCUT2D eigenvalue weighted by molar-refractivity contribution is 0.0979. The molecule has 0 radical (unpaired) electrons. The number of pyridine rings is 1. The number of H-pyrrole nitrogens is 1. The van der Waals surface area contributed by atoms with E-state index in [1.54, 1.807) is 26.0 Å². The lowest BCUT2D eigenvalue weighted by Crippen LogP contribution is -2.35. The van der Waals surface area contributed by atoms with Gasteiger partial charge in [-0.25, -0.2) is 13.1 Å². The molecule has 10 heteroatoms. The Labute approximate surface area is 148 Å². The van der Waals surface area contributed by atoms with Gasteiger partial charge in [-0.2, -0.15) is 0 Å². The SMILES string of the molecule is Cc1cc(C)c(C(=O)NS(=O)(=O)c2cccc(-c3nnco3)c2)c(=O)[nH]1. The Kier molecular flexibility index (Phi) is 4.43. The lowest BCUT2D eigenvalue weighted by atomic mass is 10.1. The van der Waals surface area contributed by atoms with Crippen LogP contribution in [0.1, 0.15) is 21.6 Å². The fourth-order valence-corrected chi connectivity index (χ4v) is 3.47. The minimum atomic E-state index is -4.21. The summed E-state index contributed by atoms with van der Waals surface area (Å²) >= 11 is 0. The zero-order chi connectivity index (χ0) is 18.9. The summed E-state index contributed by atoms with van der Waals surface area (Å²) in [6.07, 6.45) is 1.12. The second-order valence-electron chi connectivity index (χ2n) is 5.55. The number of nitrogens with one attached hydrogen (secondary N) is 2. The summed E-state index contributed by atoms with van der Waals surface area (Å²) in [4.78, 5) is 26.6. The van der Waals surface area contributed by atoms with Gasteiger partial charge in [0.2, 0.25) is 12.3 Å². The van der Waals surface area contributed by atoms with Gasteiger partial charge >= 0.3 is 0 Å². The van der Waals surface area contributed by atoms with E-state index in [1.807, 2.05) is 4.72 Å². The van der Waals surface area contributed by atoms with Crippen molar-refractivity contribution in [2.75, 3.05) is 0 Å². The summed E-state index contributed by atoms with van der Waals surface area (Å²) in [5.74, 6) is -0.869. The molecule has 0 aliphatic rings. The quantitative estimate of drug-likeness (QED) is 0.699. The normalized spacial score (nSPS) is 11.3. The first-order chi connectivity index (χ1) is 12.3. The standard InChI is InChI=1S/C16H14N4O5S/c1-9-6-10(2)18-14(21)13(9)15(22)20-26(23,24)12-5-3-4-11(7-12)16-19-17-8-25-16/h3-8H,1-2H3,(H,18,21)(H,20,22). The van der Waals surface area contributed by atoms with Gasteiger partial charge in [-0.05, 0) is 43.7 Å². The number of hydrogen-bond acceptors (Lipinski definition) is 7. The summed E-state index contributed by atoms with van der Waals surface area (Å²) in [5, 5.41) is 7.24. The highest BCUT2D eigenvalue weighted by Gasteiger charge is 2.23. The number of carbonyl (C=O) groups is 1. The monoisotopic (exact) mass is 374 g/mol. The maximum Gasteiger partial charge on any atom is 0.270 e. The molecule has 0 saturated heterocycles.